The minimum absolute atomic E-state index is 0.255. The van der Waals surface area contributed by atoms with Crippen molar-refractivity contribution in [1.29, 1.82) is 0 Å². The quantitative estimate of drug-likeness (QED) is 0.436. The molecule has 2 aromatic heterocycles. The summed E-state index contributed by atoms with van der Waals surface area (Å²) in [6.45, 7) is 3.01. The number of aromatic nitrogens is 3. The lowest BCUT2D eigenvalue weighted by Gasteiger charge is -2.16. The van der Waals surface area contributed by atoms with Crippen LogP contribution in [0.15, 0.2) is 45.6 Å². The highest BCUT2D eigenvalue weighted by Gasteiger charge is 2.25. The Kier molecular flexibility index (Phi) is 5.15. The van der Waals surface area contributed by atoms with Gasteiger partial charge >= 0.3 is 11.7 Å². The molecule has 33 heavy (non-hydrogen) atoms. The summed E-state index contributed by atoms with van der Waals surface area (Å²) in [5, 5.41) is 18.6. The van der Waals surface area contributed by atoms with Gasteiger partial charge in [0, 0.05) is 38.3 Å². The largest absolute Gasteiger partial charge is 0.457 e. The maximum absolute atomic E-state index is 11.7. The van der Waals surface area contributed by atoms with Crippen LogP contribution in [0.5, 0.6) is 0 Å². The van der Waals surface area contributed by atoms with Gasteiger partial charge in [0.05, 0.1) is 28.6 Å². The number of cyclic esters (lactones) is 1. The Morgan fingerprint density at radius 1 is 1.18 bits per heavy atom. The predicted molar refractivity (Wildman–Crippen MR) is 121 cm³/mol. The summed E-state index contributed by atoms with van der Waals surface area (Å²) in [5.41, 5.74) is 6.95. The number of hydrogen-bond acceptors (Lipinski definition) is 7. The topological polar surface area (TPSA) is 112 Å². The van der Waals surface area contributed by atoms with Gasteiger partial charge in [0.1, 0.15) is 6.61 Å². The first kappa shape index (κ1) is 21.2. The smallest absolute Gasteiger partial charge is 0.419 e. The van der Waals surface area contributed by atoms with E-state index in [0.29, 0.717) is 29.8 Å². The lowest BCUT2D eigenvalue weighted by atomic mass is 9.95. The zero-order valence-electron chi connectivity index (χ0n) is 18.6. The van der Waals surface area contributed by atoms with E-state index in [4.69, 9.17) is 9.15 Å². The van der Waals surface area contributed by atoms with Crippen molar-refractivity contribution in [3.05, 3.63) is 74.9 Å². The Morgan fingerprint density at radius 2 is 2.00 bits per heavy atom. The number of oxazole rings is 1. The van der Waals surface area contributed by atoms with Gasteiger partial charge in [-0.05, 0) is 48.4 Å². The molecular formula is C24H24N4O5. The normalized spacial score (nSPS) is 14.0. The third kappa shape index (κ3) is 3.65. The van der Waals surface area contributed by atoms with Crippen LogP contribution in [0, 0.1) is 6.92 Å². The first-order valence-electron chi connectivity index (χ1n) is 10.6. The molecule has 0 radical (unpaired) electrons. The first-order valence-corrected chi connectivity index (χ1v) is 10.6. The summed E-state index contributed by atoms with van der Waals surface area (Å²) in [4.78, 5) is 23.5. The fraction of sp³-hybridized carbons (Fsp3) is 0.292. The van der Waals surface area contributed by atoms with Crippen LogP contribution < -0.4 is 11.1 Å². The van der Waals surface area contributed by atoms with Crippen LogP contribution in [0.2, 0.25) is 0 Å². The second-order valence-electron chi connectivity index (χ2n) is 8.28. The first-order chi connectivity index (χ1) is 15.8. The van der Waals surface area contributed by atoms with E-state index in [9.17, 15) is 14.7 Å². The van der Waals surface area contributed by atoms with Gasteiger partial charge in [0.2, 0.25) is 0 Å². The molecule has 5 rings (SSSR count). The number of benzene rings is 2. The molecule has 0 bridgehead atoms. The molecule has 0 saturated heterocycles. The van der Waals surface area contributed by atoms with E-state index < -0.39 is 11.9 Å². The maximum atomic E-state index is 11.7. The van der Waals surface area contributed by atoms with Crippen LogP contribution in [0.3, 0.4) is 0 Å². The zero-order chi connectivity index (χ0) is 23.3. The van der Waals surface area contributed by atoms with Gasteiger partial charge < -0.3 is 19.6 Å². The highest BCUT2D eigenvalue weighted by molar-refractivity contribution is 5.94. The summed E-state index contributed by atoms with van der Waals surface area (Å²) < 4.78 is 13.5. The van der Waals surface area contributed by atoms with E-state index in [1.165, 1.54) is 4.57 Å². The van der Waals surface area contributed by atoms with E-state index >= 15 is 0 Å². The van der Waals surface area contributed by atoms with Crippen molar-refractivity contribution in [1.82, 2.24) is 19.7 Å². The molecule has 4 aromatic rings. The Labute approximate surface area is 189 Å². The van der Waals surface area contributed by atoms with Crippen LogP contribution >= 0.6 is 0 Å². The predicted octanol–water partition coefficient (Wildman–Crippen LogP) is 2.33. The van der Waals surface area contributed by atoms with Gasteiger partial charge in [-0.3, -0.25) is 9.25 Å². The van der Waals surface area contributed by atoms with Gasteiger partial charge in [-0.15, -0.1) is 0 Å². The average molecular weight is 448 g/mol. The molecule has 3 heterocycles. The standard InChI is InChI=1S/C24H24N4O5/c1-13-16(5-6-17-18(13)12-32-23(17)30)21(29)11-25-10-15-9-19(26-28(15)3)14-4-7-22-20(8-14)27(2)24(31)33-22/h4-9,21,25,29H,10-12H2,1-3H3/t21-/m0/s1. The molecule has 0 fully saturated rings. The SMILES string of the molecule is Cc1c([C@@H](O)CNCc2cc(-c3ccc4oc(=O)n(C)c4c3)nn2C)ccc2c1COC2=O. The molecule has 1 atom stereocenters. The van der Waals surface area contributed by atoms with Crippen LogP contribution in [0.25, 0.3) is 22.4 Å². The fourth-order valence-electron chi connectivity index (χ4n) is 4.27. The fourth-order valence-corrected chi connectivity index (χ4v) is 4.27. The van der Waals surface area contributed by atoms with Gasteiger partial charge in [-0.25, -0.2) is 9.59 Å². The van der Waals surface area contributed by atoms with Crippen molar-refractivity contribution < 1.29 is 19.1 Å². The molecule has 1 aliphatic rings. The molecule has 0 unspecified atom stereocenters. The highest BCUT2D eigenvalue weighted by atomic mass is 16.5. The molecule has 170 valence electrons. The van der Waals surface area contributed by atoms with Crippen molar-refractivity contribution in [2.24, 2.45) is 14.1 Å². The second kappa shape index (κ2) is 8.02. The summed E-state index contributed by atoms with van der Waals surface area (Å²) in [6.07, 6.45) is -0.719. The van der Waals surface area contributed by atoms with Crippen LogP contribution in [0.1, 0.15) is 38.8 Å². The molecular weight excluding hydrogens is 424 g/mol. The number of carbonyl (C=O) groups is 1. The number of fused-ring (bicyclic) bond motifs is 2. The molecule has 0 saturated carbocycles. The number of ether oxygens (including phenoxy) is 1. The van der Waals surface area contributed by atoms with Crippen molar-refractivity contribution in [3.8, 4) is 11.3 Å². The highest BCUT2D eigenvalue weighted by Crippen LogP contribution is 2.29. The minimum Gasteiger partial charge on any atom is -0.457 e. The molecule has 2 N–H and O–H groups in total. The van der Waals surface area contributed by atoms with E-state index in [1.54, 1.807) is 29.9 Å². The van der Waals surface area contributed by atoms with E-state index in [2.05, 4.69) is 10.4 Å². The summed E-state index contributed by atoms with van der Waals surface area (Å²) >= 11 is 0. The maximum Gasteiger partial charge on any atom is 0.419 e. The monoisotopic (exact) mass is 448 g/mol. The Hall–Kier alpha value is -3.69. The Bertz CT molecular complexity index is 1450. The van der Waals surface area contributed by atoms with Crippen LogP contribution in [-0.4, -0.2) is 32.0 Å². The van der Waals surface area contributed by atoms with Gasteiger partial charge in [-0.2, -0.15) is 5.10 Å². The van der Waals surface area contributed by atoms with E-state index in [1.807, 2.05) is 32.2 Å². The van der Waals surface area contributed by atoms with Gasteiger partial charge in [-0.1, -0.05) is 6.07 Å². The average Bonchev–Trinajstić information content (AvgIpc) is 3.44. The zero-order valence-corrected chi connectivity index (χ0v) is 18.6. The number of rotatable bonds is 6. The van der Waals surface area contributed by atoms with E-state index in [-0.39, 0.29) is 12.6 Å². The molecule has 9 heteroatoms. The summed E-state index contributed by atoms with van der Waals surface area (Å²) in [7, 11) is 3.54. The van der Waals surface area contributed by atoms with E-state index in [0.717, 1.165) is 33.6 Å². The number of aliphatic hydroxyl groups excluding tert-OH is 1. The van der Waals surface area contributed by atoms with Crippen molar-refractivity contribution in [2.45, 2.75) is 26.2 Å². The van der Waals surface area contributed by atoms with Crippen molar-refractivity contribution >= 4 is 17.1 Å². The molecule has 1 aliphatic heterocycles. The molecule has 0 spiro atoms. The number of aryl methyl sites for hydroxylation is 2. The lowest BCUT2D eigenvalue weighted by molar-refractivity contribution is 0.0535. The minimum atomic E-state index is -0.719. The Balaban J connectivity index is 1.28. The lowest BCUT2D eigenvalue weighted by Crippen LogP contribution is -2.23. The number of nitrogens with zero attached hydrogens (tertiary/aromatic N) is 3. The number of nitrogens with one attached hydrogen (secondary N) is 1. The van der Waals surface area contributed by atoms with Crippen LogP contribution in [0.4, 0.5) is 0 Å². The van der Waals surface area contributed by atoms with Crippen LogP contribution in [-0.2, 0) is 32.0 Å². The van der Waals surface area contributed by atoms with Crippen molar-refractivity contribution in [3.63, 3.8) is 0 Å². The third-order valence-electron chi connectivity index (χ3n) is 6.27. The summed E-state index contributed by atoms with van der Waals surface area (Å²) in [5.74, 6) is -0.710. The molecule has 0 aliphatic carbocycles. The number of carbonyl (C=O) groups excluding carboxylic acids is 1. The number of aliphatic hydroxyl groups is 1. The third-order valence-corrected chi connectivity index (χ3v) is 6.27. The number of hydrogen-bond donors (Lipinski definition) is 2. The van der Waals surface area contributed by atoms with Gasteiger partial charge in [0.15, 0.2) is 5.58 Å². The van der Waals surface area contributed by atoms with Gasteiger partial charge in [0.25, 0.3) is 0 Å². The van der Waals surface area contributed by atoms with Crippen molar-refractivity contribution in [2.75, 3.05) is 6.54 Å². The number of esters is 1. The molecule has 9 nitrogen and oxygen atoms in total. The Morgan fingerprint density at radius 3 is 2.82 bits per heavy atom. The second-order valence-corrected chi connectivity index (χ2v) is 8.28. The summed E-state index contributed by atoms with van der Waals surface area (Å²) in [6, 6.07) is 11.0. The molecule has 2 aromatic carbocycles. The molecule has 0 amide bonds.